The van der Waals surface area contributed by atoms with Crippen LogP contribution < -0.4 is 0 Å². The second-order valence-electron chi connectivity index (χ2n) is 7.19. The lowest BCUT2D eigenvalue weighted by Gasteiger charge is -2.23. The summed E-state index contributed by atoms with van der Waals surface area (Å²) < 4.78 is 0. The van der Waals surface area contributed by atoms with Crippen molar-refractivity contribution >= 4 is 5.97 Å². The van der Waals surface area contributed by atoms with Gasteiger partial charge in [-0.05, 0) is 55.2 Å². The summed E-state index contributed by atoms with van der Waals surface area (Å²) >= 11 is 0. The van der Waals surface area contributed by atoms with E-state index in [1.54, 1.807) is 0 Å². The highest BCUT2D eigenvalue weighted by Crippen LogP contribution is 2.36. The van der Waals surface area contributed by atoms with E-state index in [1.807, 2.05) is 0 Å². The van der Waals surface area contributed by atoms with E-state index in [0.29, 0.717) is 18.3 Å². The number of carbonyl (C=O) groups is 1. The first kappa shape index (κ1) is 19.5. The molecule has 0 amide bonds. The van der Waals surface area contributed by atoms with Crippen molar-refractivity contribution in [1.29, 1.82) is 0 Å². The highest BCUT2D eigenvalue weighted by Gasteiger charge is 2.26. The summed E-state index contributed by atoms with van der Waals surface area (Å²) in [6, 6.07) is 4.38. The lowest BCUT2D eigenvalue weighted by Crippen LogP contribution is -2.14. The molecule has 1 aromatic rings. The number of hydrogen-bond donors (Lipinski definition) is 2. The molecule has 0 bridgehead atoms. The van der Waals surface area contributed by atoms with Crippen LogP contribution in [-0.4, -0.2) is 21.2 Å². The molecule has 1 unspecified atom stereocenters. The zero-order chi connectivity index (χ0) is 18.2. The first-order valence-electron chi connectivity index (χ1n) is 9.63. The van der Waals surface area contributed by atoms with Crippen LogP contribution in [0.3, 0.4) is 0 Å². The van der Waals surface area contributed by atoms with Crippen LogP contribution in [0.1, 0.15) is 69.3 Å². The fourth-order valence-corrected chi connectivity index (χ4v) is 3.98. The van der Waals surface area contributed by atoms with Gasteiger partial charge in [-0.2, -0.15) is 0 Å². The van der Waals surface area contributed by atoms with Gasteiger partial charge >= 0.3 is 5.97 Å². The Balaban J connectivity index is 2.07. The third kappa shape index (κ3) is 6.18. The molecule has 2 rings (SSSR count). The number of hydrogen-bond acceptors (Lipinski definition) is 3. The van der Waals surface area contributed by atoms with E-state index in [0.717, 1.165) is 43.1 Å². The van der Waals surface area contributed by atoms with Gasteiger partial charge in [-0.25, -0.2) is 4.79 Å². The van der Waals surface area contributed by atoms with Gasteiger partial charge in [0.05, 0.1) is 11.8 Å². The number of allylic oxidation sites excluding steroid dienone is 1. The topological polar surface area (TPSA) is 70.4 Å². The first-order chi connectivity index (χ1) is 12.0. The standard InChI is InChI=1S/C21H31NO3/c1-3-18-11-15(12-19(4-2)22-18)9-10-17(16-7-5-6-8-16)13-20(23)14-21(24)25/h11-12,14,16-17,23H,3-10,13H2,1-2H3,(H,24,25)/b20-14+. The summed E-state index contributed by atoms with van der Waals surface area (Å²) in [5.41, 5.74) is 3.59. The van der Waals surface area contributed by atoms with Crippen LogP contribution >= 0.6 is 0 Å². The highest BCUT2D eigenvalue weighted by molar-refractivity contribution is 5.80. The van der Waals surface area contributed by atoms with Crippen molar-refractivity contribution in [2.75, 3.05) is 0 Å². The average Bonchev–Trinajstić information content (AvgIpc) is 3.12. The Morgan fingerprint density at radius 3 is 2.32 bits per heavy atom. The van der Waals surface area contributed by atoms with Gasteiger partial charge in [-0.1, -0.05) is 39.5 Å². The summed E-state index contributed by atoms with van der Waals surface area (Å²) in [5, 5.41) is 18.8. The Morgan fingerprint density at radius 1 is 1.20 bits per heavy atom. The number of carboxylic acid groups (broad SMARTS) is 1. The zero-order valence-electron chi connectivity index (χ0n) is 15.5. The first-order valence-corrected chi connectivity index (χ1v) is 9.63. The fourth-order valence-electron chi connectivity index (χ4n) is 3.98. The number of carboxylic acids is 1. The van der Waals surface area contributed by atoms with E-state index < -0.39 is 5.97 Å². The van der Waals surface area contributed by atoms with E-state index in [2.05, 4.69) is 31.0 Å². The van der Waals surface area contributed by atoms with E-state index in [4.69, 9.17) is 5.11 Å². The van der Waals surface area contributed by atoms with Crippen molar-refractivity contribution in [1.82, 2.24) is 4.98 Å². The number of nitrogens with zero attached hydrogens (tertiary/aromatic N) is 1. The molecule has 1 aliphatic rings. The summed E-state index contributed by atoms with van der Waals surface area (Å²) in [6.07, 6.45) is 10.1. The zero-order valence-corrected chi connectivity index (χ0v) is 15.5. The number of aliphatic hydroxyl groups excluding tert-OH is 1. The number of aryl methyl sites for hydroxylation is 3. The quantitative estimate of drug-likeness (QED) is 0.495. The van der Waals surface area contributed by atoms with Crippen LogP contribution in [0.4, 0.5) is 0 Å². The number of aliphatic carboxylic acids is 1. The maximum absolute atomic E-state index is 10.8. The molecule has 1 saturated carbocycles. The smallest absolute Gasteiger partial charge is 0.331 e. The minimum atomic E-state index is -1.07. The third-order valence-electron chi connectivity index (χ3n) is 5.35. The number of pyridine rings is 1. The maximum Gasteiger partial charge on any atom is 0.331 e. The molecule has 138 valence electrons. The van der Waals surface area contributed by atoms with Gasteiger partial charge < -0.3 is 10.2 Å². The molecular weight excluding hydrogens is 314 g/mol. The molecule has 1 heterocycles. The van der Waals surface area contributed by atoms with Gasteiger partial charge in [0.1, 0.15) is 0 Å². The minimum absolute atomic E-state index is 0.00243. The molecule has 2 N–H and O–H groups in total. The van der Waals surface area contributed by atoms with Crippen LogP contribution in [0, 0.1) is 11.8 Å². The van der Waals surface area contributed by atoms with Crippen molar-refractivity contribution in [3.05, 3.63) is 40.9 Å². The normalized spacial score (nSPS) is 17.0. The van der Waals surface area contributed by atoms with Gasteiger partial charge in [-0.15, -0.1) is 0 Å². The molecule has 4 heteroatoms. The SMILES string of the molecule is CCc1cc(CCC(C/C(O)=C\C(=O)O)C2CCCC2)cc(CC)n1. The van der Waals surface area contributed by atoms with E-state index >= 15 is 0 Å². The molecule has 1 atom stereocenters. The Kier molecular flexibility index (Phi) is 7.48. The van der Waals surface area contributed by atoms with Crippen LogP contribution in [0.5, 0.6) is 0 Å². The summed E-state index contributed by atoms with van der Waals surface area (Å²) in [4.78, 5) is 15.4. The highest BCUT2D eigenvalue weighted by atomic mass is 16.4. The number of aromatic nitrogens is 1. The Bertz CT molecular complexity index is 581. The van der Waals surface area contributed by atoms with E-state index in [-0.39, 0.29) is 5.76 Å². The van der Waals surface area contributed by atoms with Crippen molar-refractivity contribution < 1.29 is 15.0 Å². The second kappa shape index (κ2) is 9.59. The monoisotopic (exact) mass is 345 g/mol. The molecule has 0 spiro atoms. The fraction of sp³-hybridized carbons (Fsp3) is 0.619. The Labute approximate surface area is 151 Å². The lowest BCUT2D eigenvalue weighted by atomic mass is 9.83. The van der Waals surface area contributed by atoms with Crippen molar-refractivity contribution in [2.24, 2.45) is 11.8 Å². The summed E-state index contributed by atoms with van der Waals surface area (Å²) in [6.45, 7) is 4.25. The minimum Gasteiger partial charge on any atom is -0.512 e. The van der Waals surface area contributed by atoms with Crippen molar-refractivity contribution in [3.8, 4) is 0 Å². The molecule has 1 aromatic heterocycles. The molecule has 4 nitrogen and oxygen atoms in total. The molecule has 25 heavy (non-hydrogen) atoms. The lowest BCUT2D eigenvalue weighted by molar-refractivity contribution is -0.131. The van der Waals surface area contributed by atoms with Crippen molar-refractivity contribution in [2.45, 2.75) is 71.6 Å². The molecule has 1 aliphatic carbocycles. The maximum atomic E-state index is 10.8. The molecule has 0 radical (unpaired) electrons. The second-order valence-corrected chi connectivity index (χ2v) is 7.19. The third-order valence-corrected chi connectivity index (χ3v) is 5.35. The summed E-state index contributed by atoms with van der Waals surface area (Å²) in [5.74, 6) is -0.122. The van der Waals surface area contributed by atoms with Gasteiger partial charge in [0, 0.05) is 17.8 Å². The number of rotatable bonds is 9. The van der Waals surface area contributed by atoms with Gasteiger partial charge in [0.15, 0.2) is 0 Å². The largest absolute Gasteiger partial charge is 0.512 e. The Morgan fingerprint density at radius 2 is 1.80 bits per heavy atom. The molecule has 0 saturated heterocycles. The molecule has 0 aromatic carbocycles. The predicted octanol–water partition coefficient (Wildman–Crippen LogP) is 4.86. The molecule has 0 aliphatic heterocycles. The molecule has 1 fully saturated rings. The van der Waals surface area contributed by atoms with E-state index in [1.165, 1.54) is 31.2 Å². The Hall–Kier alpha value is -1.84. The predicted molar refractivity (Wildman–Crippen MR) is 99.7 cm³/mol. The van der Waals surface area contributed by atoms with Gasteiger partial charge in [0.25, 0.3) is 0 Å². The van der Waals surface area contributed by atoms with Crippen LogP contribution in [-0.2, 0) is 24.1 Å². The summed E-state index contributed by atoms with van der Waals surface area (Å²) in [7, 11) is 0. The number of aliphatic hydroxyl groups is 1. The molecular formula is C21H31NO3. The van der Waals surface area contributed by atoms with Gasteiger partial charge in [0.2, 0.25) is 0 Å². The van der Waals surface area contributed by atoms with Gasteiger partial charge in [-0.3, -0.25) is 4.98 Å². The van der Waals surface area contributed by atoms with Crippen LogP contribution in [0.2, 0.25) is 0 Å². The average molecular weight is 345 g/mol. The van der Waals surface area contributed by atoms with Crippen LogP contribution in [0.15, 0.2) is 24.0 Å². The van der Waals surface area contributed by atoms with Crippen LogP contribution in [0.25, 0.3) is 0 Å². The van der Waals surface area contributed by atoms with Crippen molar-refractivity contribution in [3.63, 3.8) is 0 Å². The van der Waals surface area contributed by atoms with E-state index in [9.17, 15) is 9.90 Å².